The molecule has 10 heteroatoms. The van der Waals surface area contributed by atoms with Gasteiger partial charge in [0.2, 0.25) is 15.9 Å². The van der Waals surface area contributed by atoms with Crippen LogP contribution >= 0.6 is 11.8 Å². The molecule has 0 spiro atoms. The molecule has 0 radical (unpaired) electrons. The Morgan fingerprint density at radius 1 is 1.16 bits per heavy atom. The average molecular weight is 473 g/mol. The van der Waals surface area contributed by atoms with E-state index in [1.165, 1.54) is 28.2 Å². The Kier molecular flexibility index (Phi) is 6.83. The van der Waals surface area contributed by atoms with Gasteiger partial charge >= 0.3 is 0 Å². The SMILES string of the molecule is COc1cccc(-n2ccnc2SCC(=O)Nc2ccc(S(=O)(=O)N3CCCC3)cc2)c1. The first-order chi connectivity index (χ1) is 15.5. The van der Waals surface area contributed by atoms with E-state index in [9.17, 15) is 13.2 Å². The van der Waals surface area contributed by atoms with Crippen molar-refractivity contribution in [3.05, 3.63) is 60.9 Å². The topological polar surface area (TPSA) is 93.5 Å². The summed E-state index contributed by atoms with van der Waals surface area (Å²) >= 11 is 1.31. The maximum absolute atomic E-state index is 12.6. The highest BCUT2D eigenvalue weighted by atomic mass is 32.2. The van der Waals surface area contributed by atoms with E-state index >= 15 is 0 Å². The second-order valence-corrected chi connectivity index (χ2v) is 10.1. The van der Waals surface area contributed by atoms with Crippen molar-refractivity contribution < 1.29 is 17.9 Å². The zero-order chi connectivity index (χ0) is 22.6. The third kappa shape index (κ3) is 4.98. The molecule has 2 heterocycles. The Bertz CT molecular complexity index is 1190. The van der Waals surface area contributed by atoms with E-state index in [0.717, 1.165) is 24.3 Å². The molecule has 0 saturated carbocycles. The molecule has 8 nitrogen and oxygen atoms in total. The van der Waals surface area contributed by atoms with Crippen LogP contribution in [0.1, 0.15) is 12.8 Å². The molecule has 168 valence electrons. The Balaban J connectivity index is 1.36. The number of hydrogen-bond donors (Lipinski definition) is 1. The summed E-state index contributed by atoms with van der Waals surface area (Å²) in [4.78, 5) is 17.0. The van der Waals surface area contributed by atoms with Gasteiger partial charge < -0.3 is 10.1 Å². The lowest BCUT2D eigenvalue weighted by atomic mass is 10.3. The summed E-state index contributed by atoms with van der Waals surface area (Å²) in [6.07, 6.45) is 5.29. The van der Waals surface area contributed by atoms with Gasteiger partial charge in [-0.1, -0.05) is 17.8 Å². The molecule has 32 heavy (non-hydrogen) atoms. The summed E-state index contributed by atoms with van der Waals surface area (Å²) in [7, 11) is -1.85. The Morgan fingerprint density at radius 3 is 2.62 bits per heavy atom. The van der Waals surface area contributed by atoms with Crippen LogP contribution in [-0.2, 0) is 14.8 Å². The van der Waals surface area contributed by atoms with Crippen molar-refractivity contribution in [3.8, 4) is 11.4 Å². The number of benzene rings is 2. The summed E-state index contributed by atoms with van der Waals surface area (Å²) < 4.78 is 33.9. The van der Waals surface area contributed by atoms with Gasteiger partial charge in [0, 0.05) is 37.2 Å². The van der Waals surface area contributed by atoms with E-state index in [0.29, 0.717) is 23.9 Å². The van der Waals surface area contributed by atoms with Gasteiger partial charge in [-0.2, -0.15) is 4.31 Å². The summed E-state index contributed by atoms with van der Waals surface area (Å²) in [5.41, 5.74) is 1.44. The van der Waals surface area contributed by atoms with Crippen molar-refractivity contribution in [1.29, 1.82) is 0 Å². The second-order valence-electron chi connectivity index (χ2n) is 7.25. The highest BCUT2D eigenvalue weighted by Gasteiger charge is 2.26. The maximum Gasteiger partial charge on any atom is 0.243 e. The van der Waals surface area contributed by atoms with Crippen LogP contribution in [0.3, 0.4) is 0 Å². The predicted octanol–water partition coefficient (Wildman–Crippen LogP) is 3.40. The lowest BCUT2D eigenvalue weighted by Gasteiger charge is -2.15. The molecule has 3 aromatic rings. The zero-order valence-electron chi connectivity index (χ0n) is 17.6. The lowest BCUT2D eigenvalue weighted by molar-refractivity contribution is -0.113. The molecule has 1 aliphatic rings. The normalized spacial score (nSPS) is 14.4. The highest BCUT2D eigenvalue weighted by Crippen LogP contribution is 2.24. The molecule has 0 bridgehead atoms. The minimum Gasteiger partial charge on any atom is -0.497 e. The summed E-state index contributed by atoms with van der Waals surface area (Å²) in [6, 6.07) is 13.9. The van der Waals surface area contributed by atoms with E-state index in [1.54, 1.807) is 25.4 Å². The molecule has 0 atom stereocenters. The molecular weight excluding hydrogens is 448 g/mol. The van der Waals surface area contributed by atoms with Crippen molar-refractivity contribution >= 4 is 33.4 Å². The van der Waals surface area contributed by atoms with E-state index < -0.39 is 10.0 Å². The largest absolute Gasteiger partial charge is 0.497 e. The molecule has 1 fully saturated rings. The monoisotopic (exact) mass is 472 g/mol. The number of anilines is 1. The van der Waals surface area contributed by atoms with Crippen molar-refractivity contribution in [1.82, 2.24) is 13.9 Å². The minimum atomic E-state index is -3.46. The Morgan fingerprint density at radius 2 is 1.91 bits per heavy atom. The van der Waals surface area contributed by atoms with Crippen LogP contribution in [0.2, 0.25) is 0 Å². The maximum atomic E-state index is 12.6. The van der Waals surface area contributed by atoms with Gasteiger partial charge in [0.1, 0.15) is 5.75 Å². The number of rotatable bonds is 8. The lowest BCUT2D eigenvalue weighted by Crippen LogP contribution is -2.27. The minimum absolute atomic E-state index is 0.162. The second kappa shape index (κ2) is 9.76. The van der Waals surface area contributed by atoms with E-state index in [2.05, 4.69) is 10.3 Å². The Hall–Kier alpha value is -2.82. The molecule has 0 unspecified atom stereocenters. The molecule has 1 aromatic heterocycles. The van der Waals surface area contributed by atoms with Gasteiger partial charge in [0.25, 0.3) is 0 Å². The molecule has 0 aliphatic carbocycles. The van der Waals surface area contributed by atoms with Crippen molar-refractivity contribution in [3.63, 3.8) is 0 Å². The highest BCUT2D eigenvalue weighted by molar-refractivity contribution is 7.99. The van der Waals surface area contributed by atoms with Crippen LogP contribution in [-0.4, -0.2) is 54.1 Å². The van der Waals surface area contributed by atoms with E-state index in [4.69, 9.17) is 4.74 Å². The van der Waals surface area contributed by atoms with Crippen LogP contribution in [0.4, 0.5) is 5.69 Å². The molecule has 1 aliphatic heterocycles. The molecule has 4 rings (SSSR count). The first kappa shape index (κ1) is 22.4. The summed E-state index contributed by atoms with van der Waals surface area (Å²) in [5.74, 6) is 0.694. The van der Waals surface area contributed by atoms with Gasteiger partial charge in [0.05, 0.1) is 23.4 Å². The summed E-state index contributed by atoms with van der Waals surface area (Å²) in [6.45, 7) is 1.12. The van der Waals surface area contributed by atoms with Gasteiger partial charge in [0.15, 0.2) is 5.16 Å². The number of nitrogens with one attached hydrogen (secondary N) is 1. The van der Waals surface area contributed by atoms with Gasteiger partial charge in [-0.05, 0) is 49.2 Å². The molecule has 1 saturated heterocycles. The number of carbonyl (C=O) groups is 1. The van der Waals surface area contributed by atoms with Crippen molar-refractivity contribution in [2.45, 2.75) is 22.9 Å². The number of aromatic nitrogens is 2. The quantitative estimate of drug-likeness (QED) is 0.505. The first-order valence-electron chi connectivity index (χ1n) is 10.2. The number of methoxy groups -OCH3 is 1. The fraction of sp³-hybridized carbons (Fsp3) is 0.273. The van der Waals surface area contributed by atoms with E-state index in [-0.39, 0.29) is 16.6 Å². The van der Waals surface area contributed by atoms with Crippen LogP contribution in [0, 0.1) is 0 Å². The standard InChI is InChI=1S/C22H24N4O4S2/c1-30-19-6-4-5-18(15-19)26-14-11-23-22(26)31-16-21(27)24-17-7-9-20(10-8-17)32(28,29)25-12-2-3-13-25/h4-11,14-15H,2-3,12-13,16H2,1H3,(H,24,27). The number of sulfonamides is 1. The van der Waals surface area contributed by atoms with E-state index in [1.807, 2.05) is 35.0 Å². The number of imidazole rings is 1. The molecule has 1 N–H and O–H groups in total. The summed E-state index contributed by atoms with van der Waals surface area (Å²) in [5, 5.41) is 3.49. The Labute approximate surface area is 191 Å². The average Bonchev–Trinajstić information content (AvgIpc) is 3.51. The van der Waals surface area contributed by atoms with Crippen LogP contribution in [0.15, 0.2) is 71.0 Å². The number of thioether (sulfide) groups is 1. The van der Waals surface area contributed by atoms with Gasteiger partial charge in [-0.15, -0.1) is 0 Å². The van der Waals surface area contributed by atoms with Crippen LogP contribution in [0.5, 0.6) is 5.75 Å². The fourth-order valence-electron chi connectivity index (χ4n) is 3.47. The number of amides is 1. The molecule has 2 aromatic carbocycles. The number of carbonyl (C=O) groups excluding carboxylic acids is 1. The fourth-order valence-corrected chi connectivity index (χ4v) is 5.76. The first-order valence-corrected chi connectivity index (χ1v) is 12.6. The van der Waals surface area contributed by atoms with Gasteiger partial charge in [-0.3, -0.25) is 9.36 Å². The van der Waals surface area contributed by atoms with Crippen LogP contribution in [0.25, 0.3) is 5.69 Å². The number of nitrogens with zero attached hydrogens (tertiary/aromatic N) is 3. The predicted molar refractivity (Wildman–Crippen MR) is 124 cm³/mol. The number of ether oxygens (including phenoxy) is 1. The molecule has 1 amide bonds. The zero-order valence-corrected chi connectivity index (χ0v) is 19.2. The smallest absolute Gasteiger partial charge is 0.243 e. The van der Waals surface area contributed by atoms with Gasteiger partial charge in [-0.25, -0.2) is 13.4 Å². The van der Waals surface area contributed by atoms with Crippen molar-refractivity contribution in [2.24, 2.45) is 0 Å². The van der Waals surface area contributed by atoms with Crippen molar-refractivity contribution in [2.75, 3.05) is 31.3 Å². The number of hydrogen-bond acceptors (Lipinski definition) is 6. The third-order valence-electron chi connectivity index (χ3n) is 5.11. The third-order valence-corrected chi connectivity index (χ3v) is 7.99. The molecular formula is C22H24N4O4S2. The van der Waals surface area contributed by atoms with Crippen LogP contribution < -0.4 is 10.1 Å².